The van der Waals surface area contributed by atoms with Gasteiger partial charge in [0, 0.05) is 16.1 Å². The van der Waals surface area contributed by atoms with Gasteiger partial charge in [0.15, 0.2) is 11.2 Å². The molecule has 1 aliphatic carbocycles. The molecule has 0 radical (unpaired) electrons. The van der Waals surface area contributed by atoms with Crippen LogP contribution in [0, 0.1) is 0 Å². The summed E-state index contributed by atoms with van der Waals surface area (Å²) in [7, 11) is 0. The van der Waals surface area contributed by atoms with E-state index in [1.807, 2.05) is 24.3 Å². The number of hydrogen-bond donors (Lipinski definition) is 4. The van der Waals surface area contributed by atoms with Crippen molar-refractivity contribution in [2.45, 2.75) is 61.1 Å². The van der Waals surface area contributed by atoms with Gasteiger partial charge in [0.1, 0.15) is 0 Å². The summed E-state index contributed by atoms with van der Waals surface area (Å²) < 4.78 is 39.2. The highest BCUT2D eigenvalue weighted by Gasteiger charge is 2.29. The highest BCUT2D eigenvalue weighted by Crippen LogP contribution is 2.39. The minimum atomic E-state index is -4.43. The zero-order chi connectivity index (χ0) is 32.8. The number of amides is 3. The number of thioether (sulfide) groups is 1. The van der Waals surface area contributed by atoms with E-state index in [4.69, 9.17) is 5.11 Å². The molecular formula is C32H31F3N4O5S2. The van der Waals surface area contributed by atoms with E-state index in [-0.39, 0.29) is 33.9 Å². The summed E-state index contributed by atoms with van der Waals surface area (Å²) in [4.78, 5) is 42.8. The Hall–Kier alpha value is -4.14. The molecule has 3 aromatic carbocycles. The fourth-order valence-corrected chi connectivity index (χ4v) is 6.69. The van der Waals surface area contributed by atoms with Crippen LogP contribution in [0.15, 0.2) is 71.6 Å². The maximum absolute atomic E-state index is 13.7. The van der Waals surface area contributed by atoms with E-state index >= 15 is 0 Å². The van der Waals surface area contributed by atoms with Crippen LogP contribution in [-0.4, -0.2) is 51.3 Å². The number of nitrogens with one attached hydrogen (secondary N) is 2. The summed E-state index contributed by atoms with van der Waals surface area (Å²) in [5, 5.41) is 23.6. The first-order chi connectivity index (χ1) is 21.9. The van der Waals surface area contributed by atoms with E-state index in [0.29, 0.717) is 27.4 Å². The Bertz CT molecular complexity index is 1690. The second-order valence-corrected chi connectivity index (χ2v) is 13.1. The summed E-state index contributed by atoms with van der Waals surface area (Å²) in [6.45, 7) is -0.333. The fraction of sp³-hybridized carbons (Fsp3) is 0.312. The lowest BCUT2D eigenvalue weighted by molar-refractivity contribution is -0.146. The number of fused-ring (bicyclic) bond motifs is 1. The number of aliphatic hydroxyl groups is 1. The third-order valence-corrected chi connectivity index (χ3v) is 9.30. The highest BCUT2D eigenvalue weighted by molar-refractivity contribution is 8.00. The molecule has 3 amide bonds. The number of carbonyl (C=O) groups excluding carboxylic acids is 2. The van der Waals surface area contributed by atoms with Gasteiger partial charge in [0.2, 0.25) is 0 Å². The Kier molecular flexibility index (Phi) is 10.5. The molecule has 0 spiro atoms. The van der Waals surface area contributed by atoms with Crippen molar-refractivity contribution in [1.29, 1.82) is 0 Å². The minimum absolute atomic E-state index is 0.00180. The van der Waals surface area contributed by atoms with Gasteiger partial charge in [0.25, 0.3) is 5.91 Å². The predicted molar refractivity (Wildman–Crippen MR) is 171 cm³/mol. The van der Waals surface area contributed by atoms with Crippen LogP contribution in [0.3, 0.4) is 0 Å². The van der Waals surface area contributed by atoms with Crippen LogP contribution in [0.2, 0.25) is 0 Å². The van der Waals surface area contributed by atoms with E-state index < -0.39 is 36.1 Å². The van der Waals surface area contributed by atoms with Crippen molar-refractivity contribution in [2.75, 3.05) is 16.8 Å². The number of anilines is 2. The smallest absolute Gasteiger partial charge is 0.446 e. The van der Waals surface area contributed by atoms with Crippen molar-refractivity contribution in [3.63, 3.8) is 0 Å². The number of nitrogens with zero attached hydrogens (tertiary/aromatic N) is 2. The average molecular weight is 673 g/mol. The molecule has 46 heavy (non-hydrogen) atoms. The van der Waals surface area contributed by atoms with Crippen molar-refractivity contribution in [2.24, 2.45) is 0 Å². The van der Waals surface area contributed by atoms with Gasteiger partial charge in [-0.2, -0.15) is 13.2 Å². The largest absolute Gasteiger partial charge is 0.479 e. The molecule has 0 saturated heterocycles. The lowest BCUT2D eigenvalue weighted by atomic mass is 9.84. The first-order valence-corrected chi connectivity index (χ1v) is 16.2. The van der Waals surface area contributed by atoms with Gasteiger partial charge in [-0.05, 0) is 84.1 Å². The summed E-state index contributed by atoms with van der Waals surface area (Å²) in [5.41, 5.74) is -1.34. The van der Waals surface area contributed by atoms with Crippen LogP contribution < -0.4 is 15.5 Å². The lowest BCUT2D eigenvalue weighted by Crippen LogP contribution is -2.36. The number of carboxylic acid groups (broad SMARTS) is 1. The number of rotatable bonds is 10. The molecule has 1 aromatic heterocycles. The lowest BCUT2D eigenvalue weighted by Gasteiger charge is -2.25. The SMILES string of the molecule is O=C(NC[C@@H](O)C(=O)O)c1ccc(CN(C(=O)Nc2nc3cc(SC(F)(F)F)ccc3s2)c2ccc(C3CCCCC3)cc2)cc1. The number of aromatic nitrogens is 1. The summed E-state index contributed by atoms with van der Waals surface area (Å²) >= 11 is 0.917. The van der Waals surface area contributed by atoms with Crippen molar-refractivity contribution in [3.05, 3.63) is 83.4 Å². The summed E-state index contributed by atoms with van der Waals surface area (Å²) in [5.74, 6) is -1.53. The van der Waals surface area contributed by atoms with E-state index in [1.165, 1.54) is 54.0 Å². The number of aliphatic hydroxyl groups excluding tert-OH is 1. The molecule has 242 valence electrons. The number of carboxylic acids is 1. The van der Waals surface area contributed by atoms with Crippen molar-refractivity contribution in [3.8, 4) is 0 Å². The predicted octanol–water partition coefficient (Wildman–Crippen LogP) is 7.37. The first-order valence-electron chi connectivity index (χ1n) is 14.6. The Labute approximate surface area is 270 Å². The number of carbonyl (C=O) groups is 3. The molecule has 14 heteroatoms. The molecule has 1 aliphatic rings. The summed E-state index contributed by atoms with van der Waals surface area (Å²) in [6, 6.07) is 18.0. The molecule has 0 aliphatic heterocycles. The monoisotopic (exact) mass is 672 g/mol. The fourth-order valence-electron chi connectivity index (χ4n) is 5.28. The van der Waals surface area contributed by atoms with Crippen LogP contribution in [-0.2, 0) is 11.3 Å². The maximum Gasteiger partial charge on any atom is 0.446 e. The van der Waals surface area contributed by atoms with Crippen LogP contribution in [0.1, 0.15) is 59.5 Å². The Balaban J connectivity index is 1.35. The molecule has 1 saturated carbocycles. The Morgan fingerprint density at radius 2 is 1.70 bits per heavy atom. The molecule has 1 fully saturated rings. The molecular weight excluding hydrogens is 642 g/mol. The molecule has 0 bridgehead atoms. The molecule has 4 N–H and O–H groups in total. The highest BCUT2D eigenvalue weighted by atomic mass is 32.2. The van der Waals surface area contributed by atoms with Crippen molar-refractivity contribution in [1.82, 2.24) is 10.3 Å². The molecule has 4 aromatic rings. The number of thiazole rings is 1. The Morgan fingerprint density at radius 3 is 2.35 bits per heavy atom. The zero-order valence-corrected chi connectivity index (χ0v) is 26.1. The van der Waals surface area contributed by atoms with Crippen LogP contribution in [0.25, 0.3) is 10.2 Å². The van der Waals surface area contributed by atoms with Crippen LogP contribution in [0.4, 0.5) is 28.8 Å². The van der Waals surface area contributed by atoms with E-state index in [2.05, 4.69) is 15.6 Å². The number of urea groups is 1. The van der Waals surface area contributed by atoms with Gasteiger partial charge in [-0.25, -0.2) is 14.6 Å². The van der Waals surface area contributed by atoms with Gasteiger partial charge in [-0.15, -0.1) is 0 Å². The molecule has 1 atom stereocenters. The van der Waals surface area contributed by atoms with Crippen LogP contribution >= 0.6 is 23.1 Å². The molecule has 0 unspecified atom stereocenters. The second kappa shape index (κ2) is 14.5. The third-order valence-electron chi connectivity index (χ3n) is 7.63. The quantitative estimate of drug-likeness (QED) is 0.129. The number of hydrogen-bond acceptors (Lipinski definition) is 7. The van der Waals surface area contributed by atoms with Gasteiger partial charge in [-0.3, -0.25) is 15.0 Å². The van der Waals surface area contributed by atoms with Crippen molar-refractivity contribution >= 4 is 62.0 Å². The van der Waals surface area contributed by atoms with E-state index in [9.17, 15) is 32.7 Å². The van der Waals surface area contributed by atoms with Crippen LogP contribution in [0.5, 0.6) is 0 Å². The normalized spacial score (nSPS) is 14.5. The third kappa shape index (κ3) is 8.77. The standard InChI is InChI=1S/C32H31F3N4O5S2/c33-32(34,35)46-24-14-15-27-25(16-24)37-30(45-27)38-31(44)39(23-12-10-21(11-13-23)20-4-2-1-3-5-20)18-19-6-8-22(9-7-19)28(41)36-17-26(40)29(42)43/h6-16,20,26,40H,1-5,17-18H2,(H,36,41)(H,42,43)(H,37,38,44)/t26-/m1/s1. The van der Waals surface area contributed by atoms with Gasteiger partial charge < -0.3 is 15.5 Å². The van der Waals surface area contributed by atoms with Crippen molar-refractivity contribution < 1.29 is 37.8 Å². The van der Waals surface area contributed by atoms with Gasteiger partial charge >= 0.3 is 17.5 Å². The van der Waals surface area contributed by atoms with Gasteiger partial charge in [-0.1, -0.05) is 54.9 Å². The molecule has 1 heterocycles. The summed E-state index contributed by atoms with van der Waals surface area (Å²) in [6.07, 6.45) is 4.14. The number of aliphatic carboxylic acids is 1. The number of benzene rings is 3. The average Bonchev–Trinajstić information content (AvgIpc) is 3.43. The second-order valence-electron chi connectivity index (χ2n) is 10.9. The maximum atomic E-state index is 13.7. The number of halogens is 3. The minimum Gasteiger partial charge on any atom is -0.479 e. The van der Waals surface area contributed by atoms with Gasteiger partial charge in [0.05, 0.1) is 23.3 Å². The first kappa shape index (κ1) is 33.2. The molecule has 9 nitrogen and oxygen atoms in total. The zero-order valence-electron chi connectivity index (χ0n) is 24.4. The van der Waals surface area contributed by atoms with E-state index in [1.54, 1.807) is 18.2 Å². The topological polar surface area (TPSA) is 132 Å². The number of alkyl halides is 3. The molecule has 5 rings (SSSR count). The van der Waals surface area contributed by atoms with E-state index in [0.717, 1.165) is 24.2 Å². The Morgan fingerprint density at radius 1 is 1.00 bits per heavy atom.